The zero-order chi connectivity index (χ0) is 7.40. The van der Waals surface area contributed by atoms with E-state index >= 15 is 0 Å². The standard InChI is InChI=1S/C9H14Si/c1-3-8(2)10-9-6-4-5-7-9/h3-7,9H,10H2,1-2H3/b8-3+. The van der Waals surface area contributed by atoms with Crippen molar-refractivity contribution in [2.24, 2.45) is 0 Å². The molecule has 1 aliphatic carbocycles. The molecule has 0 saturated carbocycles. The van der Waals surface area contributed by atoms with Crippen molar-refractivity contribution in [1.29, 1.82) is 0 Å². The first-order valence-corrected chi connectivity index (χ1v) is 5.32. The van der Waals surface area contributed by atoms with Gasteiger partial charge in [-0.15, -0.1) is 0 Å². The largest absolute Gasteiger partial charge is 0.0941 e. The lowest BCUT2D eigenvalue weighted by molar-refractivity contribution is 1.37. The van der Waals surface area contributed by atoms with Crippen molar-refractivity contribution in [3.05, 3.63) is 35.6 Å². The summed E-state index contributed by atoms with van der Waals surface area (Å²) in [6.45, 7) is 4.37. The van der Waals surface area contributed by atoms with Crippen molar-refractivity contribution in [3.8, 4) is 0 Å². The molecule has 1 rings (SSSR count). The molecule has 0 spiro atoms. The monoisotopic (exact) mass is 150 g/mol. The quantitative estimate of drug-likeness (QED) is 0.528. The smallest absolute Gasteiger partial charge is 0.0604 e. The first-order valence-electron chi connectivity index (χ1n) is 3.79. The summed E-state index contributed by atoms with van der Waals surface area (Å²) in [5.74, 6) is 0. The molecular weight excluding hydrogens is 136 g/mol. The van der Waals surface area contributed by atoms with Crippen LogP contribution in [0, 0.1) is 0 Å². The number of hydrogen-bond acceptors (Lipinski definition) is 0. The molecule has 0 aliphatic heterocycles. The molecule has 0 N–H and O–H groups in total. The van der Waals surface area contributed by atoms with Gasteiger partial charge in [0.25, 0.3) is 0 Å². The van der Waals surface area contributed by atoms with Gasteiger partial charge in [0.05, 0.1) is 9.52 Å². The highest BCUT2D eigenvalue weighted by Crippen LogP contribution is 2.16. The molecule has 0 amide bonds. The van der Waals surface area contributed by atoms with Crippen LogP contribution in [-0.2, 0) is 0 Å². The molecule has 0 nitrogen and oxygen atoms in total. The van der Waals surface area contributed by atoms with Gasteiger partial charge in [-0.3, -0.25) is 0 Å². The average molecular weight is 150 g/mol. The molecule has 0 aromatic carbocycles. The van der Waals surface area contributed by atoms with Crippen molar-refractivity contribution in [2.45, 2.75) is 19.4 Å². The van der Waals surface area contributed by atoms with Crippen molar-refractivity contribution in [2.75, 3.05) is 0 Å². The van der Waals surface area contributed by atoms with Gasteiger partial charge >= 0.3 is 0 Å². The van der Waals surface area contributed by atoms with Gasteiger partial charge in [0.15, 0.2) is 0 Å². The summed E-state index contributed by atoms with van der Waals surface area (Å²) in [6.07, 6.45) is 11.2. The van der Waals surface area contributed by atoms with Gasteiger partial charge in [-0.1, -0.05) is 35.6 Å². The van der Waals surface area contributed by atoms with Gasteiger partial charge in [0.1, 0.15) is 0 Å². The second-order valence-electron chi connectivity index (χ2n) is 2.77. The lowest BCUT2D eigenvalue weighted by atomic mass is 10.5. The Morgan fingerprint density at radius 3 is 2.50 bits per heavy atom. The Kier molecular flexibility index (Phi) is 2.69. The summed E-state index contributed by atoms with van der Waals surface area (Å²) in [6, 6.07) is 0. The van der Waals surface area contributed by atoms with Crippen LogP contribution in [0.1, 0.15) is 13.8 Å². The van der Waals surface area contributed by atoms with Crippen LogP contribution in [0.3, 0.4) is 0 Å². The summed E-state index contributed by atoms with van der Waals surface area (Å²) in [5.41, 5.74) is 0.802. The lowest BCUT2D eigenvalue weighted by Crippen LogP contribution is -1.97. The van der Waals surface area contributed by atoms with E-state index in [1.165, 1.54) is 0 Å². The van der Waals surface area contributed by atoms with E-state index in [9.17, 15) is 0 Å². The van der Waals surface area contributed by atoms with E-state index in [4.69, 9.17) is 0 Å². The fraction of sp³-hybridized carbons (Fsp3) is 0.333. The third kappa shape index (κ3) is 1.99. The van der Waals surface area contributed by atoms with Crippen LogP contribution in [0.4, 0.5) is 0 Å². The molecule has 54 valence electrons. The van der Waals surface area contributed by atoms with Crippen LogP contribution in [0.2, 0.25) is 5.54 Å². The Morgan fingerprint density at radius 2 is 2.00 bits per heavy atom. The third-order valence-corrected chi connectivity index (χ3v) is 3.95. The van der Waals surface area contributed by atoms with E-state index < -0.39 is 0 Å². The summed E-state index contributed by atoms with van der Waals surface area (Å²) >= 11 is 0. The van der Waals surface area contributed by atoms with Gasteiger partial charge in [-0.05, 0) is 19.4 Å². The van der Waals surface area contributed by atoms with E-state index in [0.29, 0.717) is 0 Å². The van der Waals surface area contributed by atoms with Gasteiger partial charge in [-0.25, -0.2) is 0 Å². The second kappa shape index (κ2) is 3.57. The molecule has 1 aliphatic rings. The van der Waals surface area contributed by atoms with E-state index in [1.54, 1.807) is 5.20 Å². The summed E-state index contributed by atoms with van der Waals surface area (Å²) < 4.78 is 0. The normalized spacial score (nSPS) is 20.0. The predicted molar refractivity (Wildman–Crippen MR) is 50.0 cm³/mol. The maximum absolute atomic E-state index is 2.30. The zero-order valence-corrected chi connectivity index (χ0v) is 8.09. The van der Waals surface area contributed by atoms with E-state index in [1.807, 2.05) is 0 Å². The van der Waals surface area contributed by atoms with E-state index in [-0.39, 0.29) is 9.52 Å². The topological polar surface area (TPSA) is 0 Å². The fourth-order valence-corrected chi connectivity index (χ4v) is 2.67. The van der Waals surface area contributed by atoms with Gasteiger partial charge in [-0.2, -0.15) is 0 Å². The number of rotatable bonds is 2. The van der Waals surface area contributed by atoms with Crippen LogP contribution in [0.15, 0.2) is 35.6 Å². The maximum atomic E-state index is 2.30. The molecule has 0 bridgehead atoms. The molecular formula is C9H14Si. The molecule has 1 heteroatoms. The molecule has 0 saturated heterocycles. The van der Waals surface area contributed by atoms with Gasteiger partial charge in [0, 0.05) is 0 Å². The average Bonchev–Trinajstić information content (AvgIpc) is 2.40. The minimum absolute atomic E-state index is 0.000386. The molecule has 0 atom stereocenters. The molecule has 0 unspecified atom stereocenters. The van der Waals surface area contributed by atoms with E-state index in [2.05, 4.69) is 44.2 Å². The highest BCUT2D eigenvalue weighted by Gasteiger charge is 2.03. The maximum Gasteiger partial charge on any atom is 0.0604 e. The summed E-state index contributed by atoms with van der Waals surface area (Å²) in [5, 5.41) is 1.61. The van der Waals surface area contributed by atoms with Crippen molar-refractivity contribution < 1.29 is 0 Å². The Morgan fingerprint density at radius 1 is 1.40 bits per heavy atom. The van der Waals surface area contributed by atoms with Crippen molar-refractivity contribution >= 4 is 9.52 Å². The first-order chi connectivity index (χ1) is 4.83. The van der Waals surface area contributed by atoms with E-state index in [0.717, 1.165) is 5.54 Å². The van der Waals surface area contributed by atoms with Crippen LogP contribution < -0.4 is 0 Å². The SMILES string of the molecule is C/C=C(\C)[SiH2]C1C=CC=C1. The Balaban J connectivity index is 2.39. The molecule has 0 aromatic heterocycles. The van der Waals surface area contributed by atoms with Crippen LogP contribution in [0.25, 0.3) is 0 Å². The molecule has 0 heterocycles. The highest BCUT2D eigenvalue weighted by atomic mass is 28.2. The lowest BCUT2D eigenvalue weighted by Gasteiger charge is -2.02. The fourth-order valence-electron chi connectivity index (χ4n) is 1.10. The Hall–Kier alpha value is -0.563. The van der Waals surface area contributed by atoms with Crippen LogP contribution >= 0.6 is 0 Å². The Bertz CT molecular complexity index is 175. The molecule has 10 heavy (non-hydrogen) atoms. The van der Waals surface area contributed by atoms with Crippen LogP contribution in [-0.4, -0.2) is 9.52 Å². The zero-order valence-electron chi connectivity index (χ0n) is 6.67. The third-order valence-electron chi connectivity index (χ3n) is 1.88. The number of allylic oxidation sites excluding steroid dienone is 6. The minimum atomic E-state index is -0.000386. The summed E-state index contributed by atoms with van der Waals surface area (Å²) in [4.78, 5) is 0. The second-order valence-corrected chi connectivity index (χ2v) is 5.24. The molecule has 0 aromatic rings. The Labute approximate surface area is 65.2 Å². The number of hydrogen-bond donors (Lipinski definition) is 0. The first kappa shape index (κ1) is 7.54. The molecule has 0 radical (unpaired) electrons. The summed E-state index contributed by atoms with van der Waals surface area (Å²) in [7, 11) is -0.000386. The van der Waals surface area contributed by atoms with Crippen LogP contribution in [0.5, 0.6) is 0 Å². The minimum Gasteiger partial charge on any atom is -0.0941 e. The highest BCUT2D eigenvalue weighted by molar-refractivity contribution is 6.48. The molecule has 0 fully saturated rings. The van der Waals surface area contributed by atoms with Gasteiger partial charge < -0.3 is 0 Å². The van der Waals surface area contributed by atoms with Gasteiger partial charge in [0.2, 0.25) is 0 Å². The predicted octanol–water partition coefficient (Wildman–Crippen LogP) is 1.99. The van der Waals surface area contributed by atoms with Crippen molar-refractivity contribution in [1.82, 2.24) is 0 Å². The van der Waals surface area contributed by atoms with Crippen molar-refractivity contribution in [3.63, 3.8) is 0 Å².